The van der Waals surface area contributed by atoms with Crippen LogP contribution in [0, 0.1) is 15.9 Å². The number of nitro benzene ring substituents is 1. The number of nitro groups is 1. The van der Waals surface area contributed by atoms with Crippen molar-refractivity contribution >= 4 is 27.5 Å². The Morgan fingerprint density at radius 3 is 2.57 bits per heavy atom. The maximum Gasteiger partial charge on any atom is 0.270 e. The van der Waals surface area contributed by atoms with Crippen LogP contribution < -0.4 is 10.5 Å². The minimum Gasteiger partial charge on any atom is -0.455 e. The van der Waals surface area contributed by atoms with Crippen molar-refractivity contribution < 1.29 is 18.8 Å². The van der Waals surface area contributed by atoms with Crippen molar-refractivity contribution in [3.63, 3.8) is 0 Å². The Labute approximate surface area is 126 Å². The van der Waals surface area contributed by atoms with Gasteiger partial charge in [-0.1, -0.05) is 0 Å². The normalized spacial score (nSPS) is 10.2. The topological polar surface area (TPSA) is 95.5 Å². The first kappa shape index (κ1) is 14.9. The van der Waals surface area contributed by atoms with Gasteiger partial charge < -0.3 is 10.5 Å². The highest BCUT2D eigenvalue weighted by atomic mass is 79.9. The van der Waals surface area contributed by atoms with Gasteiger partial charge >= 0.3 is 0 Å². The van der Waals surface area contributed by atoms with E-state index in [-0.39, 0.29) is 22.7 Å². The third-order valence-electron chi connectivity index (χ3n) is 2.55. The summed E-state index contributed by atoms with van der Waals surface area (Å²) in [6.07, 6.45) is 0. The second-order valence-corrected chi connectivity index (χ2v) is 4.83. The summed E-state index contributed by atoms with van der Waals surface area (Å²) in [4.78, 5) is 21.4. The number of non-ortho nitro benzene ring substituents is 1. The summed E-state index contributed by atoms with van der Waals surface area (Å²) in [5.74, 6) is -1.30. The fourth-order valence-electron chi connectivity index (χ4n) is 1.59. The fourth-order valence-corrected chi connectivity index (χ4v) is 1.91. The number of ether oxygens (including phenoxy) is 1. The average molecular weight is 355 g/mol. The lowest BCUT2D eigenvalue weighted by Gasteiger charge is -2.10. The molecular formula is C13H8BrFN2O4. The van der Waals surface area contributed by atoms with E-state index in [1.165, 1.54) is 18.2 Å². The van der Waals surface area contributed by atoms with Crippen LogP contribution in [-0.4, -0.2) is 10.8 Å². The van der Waals surface area contributed by atoms with E-state index < -0.39 is 16.6 Å². The molecular weight excluding hydrogens is 347 g/mol. The fraction of sp³-hybridized carbons (Fsp3) is 0. The van der Waals surface area contributed by atoms with Gasteiger partial charge in [-0.3, -0.25) is 14.9 Å². The molecule has 0 radical (unpaired) electrons. The van der Waals surface area contributed by atoms with Gasteiger partial charge in [0.25, 0.3) is 11.6 Å². The summed E-state index contributed by atoms with van der Waals surface area (Å²) in [7, 11) is 0. The monoisotopic (exact) mass is 354 g/mol. The highest BCUT2D eigenvalue weighted by molar-refractivity contribution is 9.10. The zero-order chi connectivity index (χ0) is 15.6. The zero-order valence-electron chi connectivity index (χ0n) is 10.4. The standard InChI is InChI=1S/C13H8BrFN2O4/c14-10-3-1-7(15)5-12(10)21-11-4-2-8(17(19)20)6-9(11)13(16)18/h1-6H,(H2,16,18). The summed E-state index contributed by atoms with van der Waals surface area (Å²) >= 11 is 3.17. The van der Waals surface area contributed by atoms with Crippen LogP contribution >= 0.6 is 15.9 Å². The van der Waals surface area contributed by atoms with Crippen molar-refractivity contribution in [3.05, 3.63) is 62.4 Å². The van der Waals surface area contributed by atoms with Crippen LogP contribution in [0.25, 0.3) is 0 Å². The number of primary amides is 1. The quantitative estimate of drug-likeness (QED) is 0.672. The number of halogens is 2. The molecule has 0 heterocycles. The van der Waals surface area contributed by atoms with E-state index in [0.717, 1.165) is 18.2 Å². The Morgan fingerprint density at radius 2 is 1.95 bits per heavy atom. The Bertz CT molecular complexity index is 736. The number of benzene rings is 2. The van der Waals surface area contributed by atoms with Gasteiger partial charge in [0, 0.05) is 18.2 Å². The van der Waals surface area contributed by atoms with E-state index in [0.29, 0.717) is 4.47 Å². The van der Waals surface area contributed by atoms with E-state index in [4.69, 9.17) is 10.5 Å². The lowest BCUT2D eigenvalue weighted by molar-refractivity contribution is -0.384. The van der Waals surface area contributed by atoms with Crippen LogP contribution in [0.3, 0.4) is 0 Å². The molecule has 108 valence electrons. The summed E-state index contributed by atoms with van der Waals surface area (Å²) < 4.78 is 19.1. The van der Waals surface area contributed by atoms with Gasteiger partial charge in [0.15, 0.2) is 0 Å². The van der Waals surface area contributed by atoms with Crippen molar-refractivity contribution in [2.45, 2.75) is 0 Å². The second-order valence-electron chi connectivity index (χ2n) is 3.98. The van der Waals surface area contributed by atoms with Crippen LogP contribution in [0.15, 0.2) is 40.9 Å². The molecule has 0 fully saturated rings. The molecule has 0 atom stereocenters. The van der Waals surface area contributed by atoms with E-state index in [9.17, 15) is 19.3 Å². The van der Waals surface area contributed by atoms with Crippen LogP contribution in [0.1, 0.15) is 10.4 Å². The highest BCUT2D eigenvalue weighted by Gasteiger charge is 2.17. The molecule has 2 N–H and O–H groups in total. The molecule has 2 rings (SSSR count). The van der Waals surface area contributed by atoms with Crippen molar-refractivity contribution in [2.24, 2.45) is 5.73 Å². The first-order valence-corrected chi connectivity index (χ1v) is 6.39. The number of hydrogen-bond acceptors (Lipinski definition) is 4. The minimum absolute atomic E-state index is 0.000556. The third kappa shape index (κ3) is 3.34. The molecule has 0 saturated heterocycles. The number of nitrogens with two attached hydrogens (primary N) is 1. The largest absolute Gasteiger partial charge is 0.455 e. The molecule has 8 heteroatoms. The lowest BCUT2D eigenvalue weighted by Crippen LogP contribution is -2.12. The van der Waals surface area contributed by atoms with E-state index >= 15 is 0 Å². The Kier molecular flexibility index (Phi) is 4.18. The van der Waals surface area contributed by atoms with E-state index in [1.54, 1.807) is 0 Å². The number of carbonyl (C=O) groups is 1. The SMILES string of the molecule is NC(=O)c1cc([N+](=O)[O-])ccc1Oc1cc(F)ccc1Br. The van der Waals surface area contributed by atoms with Crippen LogP contribution in [0.5, 0.6) is 11.5 Å². The van der Waals surface area contributed by atoms with Gasteiger partial charge in [0.2, 0.25) is 0 Å². The molecule has 0 aliphatic carbocycles. The summed E-state index contributed by atoms with van der Waals surface area (Å²) in [5.41, 5.74) is 4.71. The van der Waals surface area contributed by atoms with Crippen molar-refractivity contribution in [1.82, 2.24) is 0 Å². The lowest BCUT2D eigenvalue weighted by atomic mass is 10.1. The third-order valence-corrected chi connectivity index (χ3v) is 3.21. The Hall–Kier alpha value is -2.48. The number of carbonyl (C=O) groups excluding carboxylic acids is 1. The molecule has 0 saturated carbocycles. The van der Waals surface area contributed by atoms with Gasteiger partial charge in [-0.15, -0.1) is 0 Å². The van der Waals surface area contributed by atoms with Crippen LogP contribution in [-0.2, 0) is 0 Å². The maximum absolute atomic E-state index is 13.2. The summed E-state index contributed by atoms with van der Waals surface area (Å²) in [6.45, 7) is 0. The summed E-state index contributed by atoms with van der Waals surface area (Å²) in [5, 5.41) is 10.7. The number of hydrogen-bond donors (Lipinski definition) is 1. The van der Waals surface area contributed by atoms with Gasteiger partial charge in [0.1, 0.15) is 17.3 Å². The van der Waals surface area contributed by atoms with Crippen molar-refractivity contribution in [1.29, 1.82) is 0 Å². The van der Waals surface area contributed by atoms with Gasteiger partial charge in [-0.05, 0) is 34.1 Å². The van der Waals surface area contributed by atoms with E-state index in [1.807, 2.05) is 0 Å². The molecule has 0 aromatic heterocycles. The number of rotatable bonds is 4. The van der Waals surface area contributed by atoms with Crippen LogP contribution in [0.4, 0.5) is 10.1 Å². The first-order chi connectivity index (χ1) is 9.88. The number of amides is 1. The maximum atomic E-state index is 13.2. The molecule has 2 aromatic carbocycles. The minimum atomic E-state index is -0.888. The average Bonchev–Trinajstić information content (AvgIpc) is 2.42. The van der Waals surface area contributed by atoms with E-state index in [2.05, 4.69) is 15.9 Å². The Morgan fingerprint density at radius 1 is 1.24 bits per heavy atom. The van der Waals surface area contributed by atoms with Gasteiger partial charge in [0.05, 0.1) is 15.0 Å². The van der Waals surface area contributed by atoms with Crippen LogP contribution in [0.2, 0.25) is 0 Å². The van der Waals surface area contributed by atoms with Gasteiger partial charge in [-0.25, -0.2) is 4.39 Å². The first-order valence-electron chi connectivity index (χ1n) is 5.59. The predicted molar refractivity (Wildman–Crippen MR) is 75.8 cm³/mol. The number of nitrogens with zero attached hydrogens (tertiary/aromatic N) is 1. The van der Waals surface area contributed by atoms with Gasteiger partial charge in [-0.2, -0.15) is 0 Å². The molecule has 0 bridgehead atoms. The molecule has 2 aromatic rings. The van der Waals surface area contributed by atoms with Crippen molar-refractivity contribution in [3.8, 4) is 11.5 Å². The summed E-state index contributed by atoms with van der Waals surface area (Å²) in [6, 6.07) is 7.16. The molecule has 6 nitrogen and oxygen atoms in total. The predicted octanol–water partition coefficient (Wildman–Crippen LogP) is 3.39. The molecule has 0 unspecified atom stereocenters. The molecule has 0 aliphatic rings. The second kappa shape index (κ2) is 5.88. The van der Waals surface area contributed by atoms with Crippen molar-refractivity contribution in [2.75, 3.05) is 0 Å². The highest BCUT2D eigenvalue weighted by Crippen LogP contribution is 2.33. The molecule has 0 spiro atoms. The Balaban J connectivity index is 2.46. The zero-order valence-corrected chi connectivity index (χ0v) is 12.0. The molecule has 1 amide bonds. The smallest absolute Gasteiger partial charge is 0.270 e. The molecule has 21 heavy (non-hydrogen) atoms. The molecule has 0 aliphatic heterocycles.